The highest BCUT2D eigenvalue weighted by molar-refractivity contribution is 5.77. The molecule has 3 rings (SSSR count). The first kappa shape index (κ1) is 12.1. The predicted molar refractivity (Wildman–Crippen MR) is 69.0 cm³/mol. The number of anilines is 1. The molecule has 0 aliphatic carbocycles. The third-order valence-corrected chi connectivity index (χ3v) is 2.63. The molecule has 0 atom stereocenters. The van der Waals surface area contributed by atoms with Gasteiger partial charge in [-0.2, -0.15) is 10.1 Å². The molecule has 1 N–H and O–H groups in total. The maximum absolute atomic E-state index is 10.7. The molecule has 9 heteroatoms. The largest absolute Gasteiger partial charge is 0.424 e. The Bertz CT molecular complexity index is 777. The molecule has 0 aliphatic heterocycles. The van der Waals surface area contributed by atoms with Gasteiger partial charge in [-0.05, 0) is 6.07 Å². The monoisotopic (exact) mass is 274 g/mol. The van der Waals surface area contributed by atoms with Crippen LogP contribution in [-0.2, 0) is 13.6 Å². The Kier molecular flexibility index (Phi) is 2.78. The molecule has 1 aromatic carbocycles. The van der Waals surface area contributed by atoms with Crippen molar-refractivity contribution in [1.82, 2.24) is 19.7 Å². The summed E-state index contributed by atoms with van der Waals surface area (Å²) in [6.45, 7) is 0.357. The van der Waals surface area contributed by atoms with Crippen LogP contribution in [0.5, 0.6) is 0 Å². The molecule has 0 radical (unpaired) electrons. The number of fused-ring (bicyclic) bond motifs is 1. The van der Waals surface area contributed by atoms with E-state index in [2.05, 4.69) is 20.4 Å². The van der Waals surface area contributed by atoms with Gasteiger partial charge in [-0.1, -0.05) is 0 Å². The van der Waals surface area contributed by atoms with E-state index in [-0.39, 0.29) is 11.7 Å². The van der Waals surface area contributed by atoms with Gasteiger partial charge >= 0.3 is 0 Å². The van der Waals surface area contributed by atoms with E-state index < -0.39 is 4.92 Å². The molecule has 9 nitrogen and oxygen atoms in total. The number of benzene rings is 1. The number of aromatic nitrogens is 4. The number of nitrogens with one attached hydrogen (secondary N) is 1. The zero-order valence-electron chi connectivity index (χ0n) is 10.5. The quantitative estimate of drug-likeness (QED) is 0.566. The number of aryl methyl sites for hydroxylation is 1. The second-order valence-corrected chi connectivity index (χ2v) is 4.12. The van der Waals surface area contributed by atoms with Crippen LogP contribution in [0.4, 0.5) is 11.7 Å². The van der Waals surface area contributed by atoms with E-state index in [0.29, 0.717) is 23.5 Å². The lowest BCUT2D eigenvalue weighted by molar-refractivity contribution is -0.384. The maximum atomic E-state index is 10.7. The van der Waals surface area contributed by atoms with Gasteiger partial charge in [0.25, 0.3) is 11.7 Å². The van der Waals surface area contributed by atoms with Crippen molar-refractivity contribution in [3.63, 3.8) is 0 Å². The molecule has 0 saturated heterocycles. The molecule has 0 bridgehead atoms. The minimum Gasteiger partial charge on any atom is -0.424 e. The van der Waals surface area contributed by atoms with Gasteiger partial charge < -0.3 is 9.73 Å². The van der Waals surface area contributed by atoms with E-state index in [1.807, 2.05) is 0 Å². The van der Waals surface area contributed by atoms with Gasteiger partial charge in [0.2, 0.25) is 0 Å². The molecule has 0 amide bonds. The zero-order valence-corrected chi connectivity index (χ0v) is 10.5. The number of nitrogens with zero attached hydrogens (tertiary/aromatic N) is 5. The Morgan fingerprint density at radius 2 is 2.35 bits per heavy atom. The van der Waals surface area contributed by atoms with Gasteiger partial charge in [-0.3, -0.25) is 14.8 Å². The molecule has 2 heterocycles. The lowest BCUT2D eigenvalue weighted by Crippen LogP contribution is -2.02. The molecular formula is C11H10N6O3. The molecule has 0 saturated carbocycles. The third-order valence-electron chi connectivity index (χ3n) is 2.63. The van der Waals surface area contributed by atoms with Crippen molar-refractivity contribution in [3.8, 4) is 0 Å². The molecule has 0 aliphatic rings. The molecule has 0 spiro atoms. The van der Waals surface area contributed by atoms with Crippen LogP contribution in [0.15, 0.2) is 28.9 Å². The lowest BCUT2D eigenvalue weighted by atomic mass is 10.3. The summed E-state index contributed by atoms with van der Waals surface area (Å²) < 4.78 is 7.01. The Balaban J connectivity index is 1.80. The normalized spacial score (nSPS) is 10.8. The van der Waals surface area contributed by atoms with Gasteiger partial charge in [0, 0.05) is 19.2 Å². The van der Waals surface area contributed by atoms with Crippen molar-refractivity contribution in [1.29, 1.82) is 0 Å². The smallest absolute Gasteiger partial charge is 0.296 e. The van der Waals surface area contributed by atoms with E-state index in [9.17, 15) is 10.1 Å². The Morgan fingerprint density at radius 3 is 3.05 bits per heavy atom. The third kappa shape index (κ3) is 2.28. The van der Waals surface area contributed by atoms with Crippen molar-refractivity contribution in [2.24, 2.45) is 7.05 Å². The van der Waals surface area contributed by atoms with Crippen LogP contribution < -0.4 is 5.32 Å². The summed E-state index contributed by atoms with van der Waals surface area (Å²) in [5.41, 5.74) is 0.881. The van der Waals surface area contributed by atoms with E-state index in [1.165, 1.54) is 18.2 Å². The van der Waals surface area contributed by atoms with Crippen LogP contribution in [0.25, 0.3) is 11.1 Å². The van der Waals surface area contributed by atoms with Crippen molar-refractivity contribution < 1.29 is 9.34 Å². The first-order chi connectivity index (χ1) is 9.61. The molecule has 0 fully saturated rings. The summed E-state index contributed by atoms with van der Waals surface area (Å²) in [5.74, 6) is 0.598. The minimum atomic E-state index is -0.473. The van der Waals surface area contributed by atoms with Crippen molar-refractivity contribution in [2.45, 2.75) is 6.54 Å². The van der Waals surface area contributed by atoms with Gasteiger partial charge in [-0.25, -0.2) is 4.98 Å². The fraction of sp³-hybridized carbons (Fsp3) is 0.182. The molecule has 3 aromatic rings. The molecule has 102 valence electrons. The summed E-state index contributed by atoms with van der Waals surface area (Å²) in [7, 11) is 1.77. The summed E-state index contributed by atoms with van der Waals surface area (Å²) in [6, 6.07) is 4.53. The summed E-state index contributed by atoms with van der Waals surface area (Å²) in [6.07, 6.45) is 1.59. The van der Waals surface area contributed by atoms with Crippen molar-refractivity contribution in [2.75, 3.05) is 5.32 Å². The number of hydrogen-bond donors (Lipinski definition) is 1. The maximum Gasteiger partial charge on any atom is 0.296 e. The van der Waals surface area contributed by atoms with E-state index in [4.69, 9.17) is 4.42 Å². The van der Waals surface area contributed by atoms with Crippen LogP contribution in [0.1, 0.15) is 5.82 Å². The Labute approximate surface area is 112 Å². The minimum absolute atomic E-state index is 0.0243. The number of hydrogen-bond acceptors (Lipinski definition) is 7. The van der Waals surface area contributed by atoms with Crippen LogP contribution in [0.3, 0.4) is 0 Å². The van der Waals surface area contributed by atoms with Crippen LogP contribution in [0.2, 0.25) is 0 Å². The van der Waals surface area contributed by atoms with Crippen LogP contribution in [-0.4, -0.2) is 24.7 Å². The van der Waals surface area contributed by atoms with E-state index in [1.54, 1.807) is 18.1 Å². The summed E-state index contributed by atoms with van der Waals surface area (Å²) in [4.78, 5) is 18.4. The highest BCUT2D eigenvalue weighted by Gasteiger charge is 2.11. The van der Waals surface area contributed by atoms with Gasteiger partial charge in [0.15, 0.2) is 11.4 Å². The second kappa shape index (κ2) is 4.61. The zero-order chi connectivity index (χ0) is 14.1. The molecule has 20 heavy (non-hydrogen) atoms. The number of nitro groups is 1. The van der Waals surface area contributed by atoms with Gasteiger partial charge in [0.1, 0.15) is 11.8 Å². The number of rotatable bonds is 4. The average molecular weight is 274 g/mol. The fourth-order valence-electron chi connectivity index (χ4n) is 1.72. The number of nitro benzene ring substituents is 1. The summed E-state index contributed by atoms with van der Waals surface area (Å²) >= 11 is 0. The standard InChI is InChI=1S/C11H10N6O3/c1-16-6-13-10(15-16)5-12-11-14-8-4-7(17(18)19)2-3-9(8)20-11/h2-4,6H,5H2,1H3,(H,12,14). The van der Waals surface area contributed by atoms with Gasteiger partial charge in [-0.15, -0.1) is 0 Å². The molecule has 0 unspecified atom stereocenters. The lowest BCUT2D eigenvalue weighted by Gasteiger charge is -1.95. The SMILES string of the molecule is Cn1cnc(CNc2nc3cc([N+](=O)[O-])ccc3o2)n1. The number of oxazole rings is 1. The van der Waals surface area contributed by atoms with Crippen molar-refractivity contribution in [3.05, 3.63) is 40.5 Å². The van der Waals surface area contributed by atoms with Gasteiger partial charge in [0.05, 0.1) is 11.5 Å². The predicted octanol–water partition coefficient (Wildman–Crippen LogP) is 1.48. The fourth-order valence-corrected chi connectivity index (χ4v) is 1.72. The molecular weight excluding hydrogens is 264 g/mol. The Hall–Kier alpha value is -2.97. The first-order valence-corrected chi connectivity index (χ1v) is 5.75. The average Bonchev–Trinajstić information content (AvgIpc) is 3.00. The summed E-state index contributed by atoms with van der Waals surface area (Å²) in [5, 5.41) is 17.7. The topological polar surface area (TPSA) is 112 Å². The van der Waals surface area contributed by atoms with E-state index in [0.717, 1.165) is 0 Å². The van der Waals surface area contributed by atoms with E-state index >= 15 is 0 Å². The first-order valence-electron chi connectivity index (χ1n) is 5.75. The number of non-ortho nitro benzene ring substituents is 1. The highest BCUT2D eigenvalue weighted by Crippen LogP contribution is 2.23. The second-order valence-electron chi connectivity index (χ2n) is 4.12. The van der Waals surface area contributed by atoms with Crippen LogP contribution in [0, 0.1) is 10.1 Å². The van der Waals surface area contributed by atoms with Crippen LogP contribution >= 0.6 is 0 Å². The van der Waals surface area contributed by atoms with Crippen molar-refractivity contribution >= 4 is 22.8 Å². The molecule has 2 aromatic heterocycles. The Morgan fingerprint density at radius 1 is 1.50 bits per heavy atom. The highest BCUT2D eigenvalue weighted by atomic mass is 16.6.